The number of hydrogen-bond donors (Lipinski definition) is 4. The highest BCUT2D eigenvalue weighted by Crippen LogP contribution is 2.33. The topological polar surface area (TPSA) is 90.8 Å². The maximum Gasteiger partial charge on any atom is 0.271 e. The predicted molar refractivity (Wildman–Crippen MR) is 203 cm³/mol. The van der Waals surface area contributed by atoms with Crippen molar-refractivity contribution in [3.63, 3.8) is 0 Å². The number of nitrogens with one attached hydrogen (secondary N) is 4. The number of benzene rings is 5. The summed E-state index contributed by atoms with van der Waals surface area (Å²) in [5.41, 5.74) is 9.89. The second kappa shape index (κ2) is 14.8. The van der Waals surface area contributed by atoms with Gasteiger partial charge in [0.1, 0.15) is 0 Å². The van der Waals surface area contributed by atoms with E-state index in [9.17, 15) is 0 Å². The molecular formula is C42H42N4O3. The monoisotopic (exact) mass is 650 g/mol. The lowest BCUT2D eigenvalue weighted by atomic mass is 10.0. The highest BCUT2D eigenvalue weighted by molar-refractivity contribution is 6.17. The molecule has 0 radical (unpaired) electrons. The normalized spacial score (nSPS) is 11.5. The van der Waals surface area contributed by atoms with Gasteiger partial charge in [-0.15, -0.1) is 0 Å². The Morgan fingerprint density at radius 3 is 1.20 bits per heavy atom. The van der Waals surface area contributed by atoms with Crippen molar-refractivity contribution >= 4 is 65.4 Å². The SMILES string of the molecule is CCOC(OCC)OCC.c1ccc2c(Cc3c[nH]c4ccccc34)c[nH]c2c1.c1ccc2c(c1)[nH]c1cc3c(cc12)[nH]c1ccccc13. The molecule has 7 nitrogen and oxygen atoms in total. The van der Waals surface area contributed by atoms with E-state index in [1.807, 2.05) is 20.8 Å². The van der Waals surface area contributed by atoms with Gasteiger partial charge in [0.05, 0.1) is 0 Å². The zero-order chi connectivity index (χ0) is 33.6. The largest absolute Gasteiger partial charge is 0.361 e. The molecule has 0 spiro atoms. The van der Waals surface area contributed by atoms with Crippen molar-refractivity contribution in [2.45, 2.75) is 33.7 Å². The summed E-state index contributed by atoms with van der Waals surface area (Å²) in [7, 11) is 0. The van der Waals surface area contributed by atoms with Gasteiger partial charge in [0.25, 0.3) is 6.48 Å². The third kappa shape index (κ3) is 6.82. The van der Waals surface area contributed by atoms with Crippen molar-refractivity contribution in [3.05, 3.63) is 133 Å². The maximum atomic E-state index is 5.08. The van der Waals surface area contributed by atoms with Crippen LogP contribution in [0.25, 0.3) is 65.4 Å². The van der Waals surface area contributed by atoms with Crippen LogP contribution in [-0.2, 0) is 20.6 Å². The average Bonchev–Trinajstić information content (AvgIpc) is 3.92. The third-order valence-electron chi connectivity index (χ3n) is 8.77. The van der Waals surface area contributed by atoms with E-state index in [1.54, 1.807) is 0 Å². The number of hydrogen-bond acceptors (Lipinski definition) is 3. The Morgan fingerprint density at radius 2 is 0.796 bits per heavy atom. The molecule has 0 bridgehead atoms. The molecule has 9 rings (SSSR count). The summed E-state index contributed by atoms with van der Waals surface area (Å²) >= 11 is 0. The number of ether oxygens (including phenoxy) is 3. The van der Waals surface area contributed by atoms with Crippen molar-refractivity contribution < 1.29 is 14.2 Å². The molecule has 0 atom stereocenters. The molecule has 49 heavy (non-hydrogen) atoms. The number of fused-ring (bicyclic) bond motifs is 8. The second-order valence-electron chi connectivity index (χ2n) is 11.8. The average molecular weight is 651 g/mol. The highest BCUT2D eigenvalue weighted by atomic mass is 16.8. The summed E-state index contributed by atoms with van der Waals surface area (Å²) in [5.74, 6) is 0. The van der Waals surface area contributed by atoms with E-state index in [2.05, 4.69) is 142 Å². The molecule has 0 amide bonds. The van der Waals surface area contributed by atoms with Crippen LogP contribution in [-0.4, -0.2) is 46.2 Å². The lowest BCUT2D eigenvalue weighted by Gasteiger charge is -2.15. The Balaban J connectivity index is 0.000000123. The molecule has 0 saturated carbocycles. The molecule has 4 aromatic heterocycles. The molecule has 5 aromatic carbocycles. The van der Waals surface area contributed by atoms with Crippen molar-refractivity contribution in [3.8, 4) is 0 Å². The van der Waals surface area contributed by atoms with Gasteiger partial charge in [-0.25, -0.2) is 0 Å². The Bertz CT molecular complexity index is 2270. The summed E-state index contributed by atoms with van der Waals surface area (Å²) in [6.07, 6.45) is 5.19. The van der Waals surface area contributed by atoms with E-state index in [-0.39, 0.29) is 0 Å². The van der Waals surface area contributed by atoms with Crippen LogP contribution >= 0.6 is 0 Å². The molecule has 4 heterocycles. The summed E-state index contributed by atoms with van der Waals surface area (Å²) < 4.78 is 15.2. The summed E-state index contributed by atoms with van der Waals surface area (Å²) in [4.78, 5) is 13.7. The molecule has 0 aliphatic carbocycles. The van der Waals surface area contributed by atoms with Crippen LogP contribution < -0.4 is 0 Å². The summed E-state index contributed by atoms with van der Waals surface area (Å²) in [5, 5.41) is 7.74. The van der Waals surface area contributed by atoms with Gasteiger partial charge in [-0.2, -0.15) is 0 Å². The minimum absolute atomic E-state index is 0.472. The summed E-state index contributed by atoms with van der Waals surface area (Å²) in [6, 6.07) is 38.3. The number of H-pyrrole nitrogens is 4. The first-order valence-corrected chi connectivity index (χ1v) is 17.0. The third-order valence-corrected chi connectivity index (χ3v) is 8.77. The molecule has 248 valence electrons. The van der Waals surface area contributed by atoms with Crippen LogP contribution in [0.2, 0.25) is 0 Å². The van der Waals surface area contributed by atoms with E-state index >= 15 is 0 Å². The molecule has 0 unspecified atom stereocenters. The Labute approximate surface area is 285 Å². The Kier molecular flexibility index (Phi) is 9.75. The zero-order valence-corrected chi connectivity index (χ0v) is 28.2. The van der Waals surface area contributed by atoms with Crippen LogP contribution in [0.4, 0.5) is 0 Å². The number of rotatable bonds is 8. The molecule has 0 saturated heterocycles. The van der Waals surface area contributed by atoms with Gasteiger partial charge in [0.15, 0.2) is 0 Å². The van der Waals surface area contributed by atoms with Crippen LogP contribution in [0.15, 0.2) is 122 Å². The lowest BCUT2D eigenvalue weighted by Crippen LogP contribution is -2.20. The predicted octanol–water partition coefficient (Wildman–Crippen LogP) is 10.6. The smallest absolute Gasteiger partial charge is 0.271 e. The first kappa shape index (κ1) is 32.2. The van der Waals surface area contributed by atoms with Crippen molar-refractivity contribution in [1.29, 1.82) is 0 Å². The fraction of sp³-hybridized carbons (Fsp3) is 0.190. The molecule has 0 fully saturated rings. The maximum absolute atomic E-state index is 5.08. The quantitative estimate of drug-likeness (QED) is 0.123. The zero-order valence-electron chi connectivity index (χ0n) is 28.2. The molecule has 9 aromatic rings. The van der Waals surface area contributed by atoms with Crippen LogP contribution in [0.5, 0.6) is 0 Å². The number of aromatic amines is 4. The van der Waals surface area contributed by atoms with E-state index in [0.717, 1.165) is 6.42 Å². The Morgan fingerprint density at radius 1 is 0.429 bits per heavy atom. The van der Waals surface area contributed by atoms with Gasteiger partial charge in [0, 0.05) is 104 Å². The minimum atomic E-state index is -0.472. The van der Waals surface area contributed by atoms with E-state index < -0.39 is 6.48 Å². The Hall–Kier alpha value is -5.34. The molecule has 0 aliphatic rings. The number of aromatic nitrogens is 4. The van der Waals surface area contributed by atoms with Gasteiger partial charge >= 0.3 is 0 Å². The molecule has 0 aliphatic heterocycles. The lowest BCUT2D eigenvalue weighted by molar-refractivity contribution is -0.282. The van der Waals surface area contributed by atoms with Gasteiger partial charge in [-0.05, 0) is 68.3 Å². The first-order valence-electron chi connectivity index (χ1n) is 17.0. The number of para-hydroxylation sites is 4. The highest BCUT2D eigenvalue weighted by Gasteiger charge is 2.10. The van der Waals surface area contributed by atoms with Crippen LogP contribution in [0.3, 0.4) is 0 Å². The van der Waals surface area contributed by atoms with Gasteiger partial charge in [-0.3, -0.25) is 0 Å². The van der Waals surface area contributed by atoms with E-state index in [0.29, 0.717) is 19.8 Å². The molecule has 4 N–H and O–H groups in total. The van der Waals surface area contributed by atoms with Gasteiger partial charge in [-0.1, -0.05) is 72.8 Å². The van der Waals surface area contributed by atoms with Crippen molar-refractivity contribution in [2.75, 3.05) is 19.8 Å². The summed E-state index contributed by atoms with van der Waals surface area (Å²) in [6.45, 7) is 7.10. The van der Waals surface area contributed by atoms with Crippen LogP contribution in [0.1, 0.15) is 31.9 Å². The minimum Gasteiger partial charge on any atom is -0.361 e. The molecule has 7 heteroatoms. The van der Waals surface area contributed by atoms with Crippen molar-refractivity contribution in [2.24, 2.45) is 0 Å². The fourth-order valence-electron chi connectivity index (χ4n) is 6.51. The standard InChI is InChI=1S/C18H12N2.C17H14N2.C7H16O3/c1-3-7-15-11(5-1)13-9-18-14(10-17(13)19-15)12-6-2-4-8-16(12)20-18;1-3-7-16-14(5-1)12(10-18-16)9-13-11-19-17-8-4-2-6-15(13)17;1-4-8-7(9-5-2)10-6-3/h1-10,19-20H;1-8,10-11,18-19H,9H2;7H,4-6H2,1-3H3. The molecular weight excluding hydrogens is 608 g/mol. The second-order valence-corrected chi connectivity index (χ2v) is 11.8. The van der Waals surface area contributed by atoms with E-state index in [4.69, 9.17) is 14.2 Å². The first-order chi connectivity index (χ1) is 24.2. The van der Waals surface area contributed by atoms with Gasteiger partial charge < -0.3 is 34.1 Å². The fourth-order valence-corrected chi connectivity index (χ4v) is 6.51. The van der Waals surface area contributed by atoms with E-state index in [1.165, 1.54) is 76.5 Å². The van der Waals surface area contributed by atoms with Gasteiger partial charge in [0.2, 0.25) is 0 Å². The van der Waals surface area contributed by atoms with Crippen LogP contribution in [0, 0.1) is 0 Å². The van der Waals surface area contributed by atoms with Crippen molar-refractivity contribution in [1.82, 2.24) is 19.9 Å².